The van der Waals surface area contributed by atoms with Crippen molar-refractivity contribution < 1.29 is 14.3 Å². The SMILES string of the molecule is C=CCC1(c2cc(C)ccc2C)C2CCC(=O)N2CCN1C(=O)OC(C)(C)C. The van der Waals surface area contributed by atoms with Crippen LogP contribution in [0.1, 0.15) is 56.7 Å². The summed E-state index contributed by atoms with van der Waals surface area (Å²) in [5, 5.41) is 0. The van der Waals surface area contributed by atoms with Gasteiger partial charge in [-0.3, -0.25) is 9.69 Å². The first-order valence-electron chi connectivity index (χ1n) is 10.1. The average molecular weight is 385 g/mol. The summed E-state index contributed by atoms with van der Waals surface area (Å²) in [6, 6.07) is 6.26. The van der Waals surface area contributed by atoms with E-state index in [2.05, 4.69) is 38.6 Å². The molecular weight excluding hydrogens is 352 g/mol. The molecule has 1 aromatic carbocycles. The fourth-order valence-electron chi connectivity index (χ4n) is 4.77. The van der Waals surface area contributed by atoms with Crippen LogP contribution in [0.25, 0.3) is 0 Å². The van der Waals surface area contributed by atoms with Gasteiger partial charge in [-0.05, 0) is 58.6 Å². The zero-order valence-corrected chi connectivity index (χ0v) is 17.7. The van der Waals surface area contributed by atoms with Gasteiger partial charge in [0.2, 0.25) is 5.91 Å². The minimum absolute atomic E-state index is 0.0697. The van der Waals surface area contributed by atoms with Crippen molar-refractivity contribution in [2.75, 3.05) is 13.1 Å². The Morgan fingerprint density at radius 2 is 2.04 bits per heavy atom. The molecule has 1 aromatic rings. The predicted molar refractivity (Wildman–Crippen MR) is 110 cm³/mol. The van der Waals surface area contributed by atoms with Gasteiger partial charge in [0.25, 0.3) is 0 Å². The second-order valence-corrected chi connectivity index (χ2v) is 9.01. The van der Waals surface area contributed by atoms with Crippen LogP contribution >= 0.6 is 0 Å². The summed E-state index contributed by atoms with van der Waals surface area (Å²) in [4.78, 5) is 29.7. The lowest BCUT2D eigenvalue weighted by molar-refractivity contribution is -0.136. The summed E-state index contributed by atoms with van der Waals surface area (Å²) in [5.74, 6) is 0.174. The molecule has 2 atom stereocenters. The summed E-state index contributed by atoms with van der Waals surface area (Å²) in [5.41, 5.74) is 2.09. The molecule has 2 aliphatic rings. The number of benzene rings is 1. The lowest BCUT2D eigenvalue weighted by Crippen LogP contribution is -2.66. The summed E-state index contributed by atoms with van der Waals surface area (Å²) in [6.45, 7) is 14.8. The highest BCUT2D eigenvalue weighted by Gasteiger charge is 2.56. The Morgan fingerprint density at radius 1 is 1.32 bits per heavy atom. The Hall–Kier alpha value is -2.30. The maximum Gasteiger partial charge on any atom is 0.411 e. The Labute approximate surface area is 168 Å². The van der Waals surface area contributed by atoms with Crippen molar-refractivity contribution in [3.63, 3.8) is 0 Å². The highest BCUT2D eigenvalue weighted by atomic mass is 16.6. The van der Waals surface area contributed by atoms with Gasteiger partial charge in [0.15, 0.2) is 0 Å². The average Bonchev–Trinajstić information content (AvgIpc) is 2.98. The van der Waals surface area contributed by atoms with Gasteiger partial charge in [0.05, 0.1) is 11.6 Å². The molecule has 3 rings (SSSR count). The minimum atomic E-state index is -0.662. The van der Waals surface area contributed by atoms with Gasteiger partial charge < -0.3 is 9.64 Å². The first-order chi connectivity index (χ1) is 13.1. The van der Waals surface area contributed by atoms with Crippen molar-refractivity contribution in [3.05, 3.63) is 47.5 Å². The fourth-order valence-corrected chi connectivity index (χ4v) is 4.77. The van der Waals surface area contributed by atoms with E-state index in [1.165, 1.54) is 0 Å². The molecule has 0 aromatic heterocycles. The van der Waals surface area contributed by atoms with Crippen LogP contribution in [0.15, 0.2) is 30.9 Å². The summed E-state index contributed by atoms with van der Waals surface area (Å²) in [7, 11) is 0. The Balaban J connectivity index is 2.20. The molecule has 5 heteroatoms. The van der Waals surface area contributed by atoms with Gasteiger partial charge in [0, 0.05) is 19.5 Å². The first-order valence-corrected chi connectivity index (χ1v) is 10.1. The maximum absolute atomic E-state index is 13.3. The van der Waals surface area contributed by atoms with Crippen LogP contribution in [0.5, 0.6) is 0 Å². The van der Waals surface area contributed by atoms with Gasteiger partial charge >= 0.3 is 6.09 Å². The molecule has 0 radical (unpaired) electrons. The van der Waals surface area contributed by atoms with Crippen LogP contribution in [0.2, 0.25) is 0 Å². The molecule has 2 amide bonds. The van der Waals surface area contributed by atoms with Gasteiger partial charge in [-0.25, -0.2) is 4.79 Å². The summed E-state index contributed by atoms with van der Waals surface area (Å²) in [6.07, 6.45) is 3.38. The van der Waals surface area contributed by atoms with E-state index in [0.29, 0.717) is 25.9 Å². The quantitative estimate of drug-likeness (QED) is 0.730. The molecule has 2 aliphatic heterocycles. The number of fused-ring (bicyclic) bond motifs is 1. The standard InChI is InChI=1S/C23H32N2O3/c1-7-12-23(18-15-16(2)8-9-17(18)3)19-10-11-20(26)24(19)13-14-25(23)21(27)28-22(4,5)6/h7-9,15,19H,1,10-14H2,2-6H3. The highest BCUT2D eigenvalue weighted by molar-refractivity contribution is 5.80. The van der Waals surface area contributed by atoms with E-state index in [9.17, 15) is 9.59 Å². The molecule has 0 N–H and O–H groups in total. The lowest BCUT2D eigenvalue weighted by Gasteiger charge is -2.54. The minimum Gasteiger partial charge on any atom is -0.444 e. The molecule has 0 bridgehead atoms. The largest absolute Gasteiger partial charge is 0.444 e. The molecule has 2 heterocycles. The number of aryl methyl sites for hydroxylation is 2. The molecule has 0 saturated carbocycles. The molecule has 2 fully saturated rings. The molecule has 2 unspecified atom stereocenters. The predicted octanol–water partition coefficient (Wildman–Crippen LogP) is 4.32. The van der Waals surface area contributed by atoms with Crippen LogP contribution in [-0.2, 0) is 15.1 Å². The zero-order valence-electron chi connectivity index (χ0n) is 17.7. The van der Waals surface area contributed by atoms with Gasteiger partial charge in [-0.1, -0.05) is 29.8 Å². The number of amides is 2. The maximum atomic E-state index is 13.3. The van der Waals surface area contributed by atoms with E-state index in [1.54, 1.807) is 0 Å². The van der Waals surface area contributed by atoms with Gasteiger partial charge in [0.1, 0.15) is 5.60 Å². The number of carbonyl (C=O) groups is 2. The molecule has 5 nitrogen and oxygen atoms in total. The number of ether oxygens (including phenoxy) is 1. The molecule has 0 aliphatic carbocycles. The third-order valence-corrected chi connectivity index (χ3v) is 5.85. The monoisotopic (exact) mass is 384 g/mol. The molecular formula is C23H32N2O3. The highest BCUT2D eigenvalue weighted by Crippen LogP contribution is 2.47. The Kier molecular flexibility index (Phi) is 5.30. The van der Waals surface area contributed by atoms with Crippen LogP contribution < -0.4 is 0 Å². The third kappa shape index (κ3) is 3.43. The van der Waals surface area contributed by atoms with E-state index >= 15 is 0 Å². The van der Waals surface area contributed by atoms with Crippen LogP contribution in [0.4, 0.5) is 4.79 Å². The first kappa shape index (κ1) is 20.4. The summed E-state index contributed by atoms with van der Waals surface area (Å²) < 4.78 is 5.79. The van der Waals surface area contributed by atoms with Gasteiger partial charge in [-0.15, -0.1) is 6.58 Å². The molecule has 152 valence electrons. The van der Waals surface area contributed by atoms with E-state index in [-0.39, 0.29) is 18.0 Å². The number of nitrogens with zero attached hydrogens (tertiary/aromatic N) is 2. The fraction of sp³-hybridized carbons (Fsp3) is 0.565. The topological polar surface area (TPSA) is 49.9 Å². The number of hydrogen-bond acceptors (Lipinski definition) is 3. The summed E-state index contributed by atoms with van der Waals surface area (Å²) >= 11 is 0. The second kappa shape index (κ2) is 7.26. The van der Waals surface area contributed by atoms with Crippen LogP contribution in [0, 0.1) is 13.8 Å². The Bertz CT molecular complexity index is 796. The lowest BCUT2D eigenvalue weighted by atomic mass is 9.73. The smallest absolute Gasteiger partial charge is 0.411 e. The van der Waals surface area contributed by atoms with Crippen molar-refractivity contribution in [2.45, 2.75) is 71.1 Å². The van der Waals surface area contributed by atoms with Crippen molar-refractivity contribution >= 4 is 12.0 Å². The molecule has 0 spiro atoms. The van der Waals surface area contributed by atoms with Crippen molar-refractivity contribution in [1.29, 1.82) is 0 Å². The normalized spacial score (nSPS) is 24.9. The van der Waals surface area contributed by atoms with Crippen molar-refractivity contribution in [2.24, 2.45) is 0 Å². The molecule has 28 heavy (non-hydrogen) atoms. The van der Waals surface area contributed by atoms with Crippen LogP contribution in [0.3, 0.4) is 0 Å². The van der Waals surface area contributed by atoms with E-state index in [1.807, 2.05) is 36.6 Å². The molecule has 2 saturated heterocycles. The van der Waals surface area contributed by atoms with Crippen LogP contribution in [-0.4, -0.2) is 46.5 Å². The third-order valence-electron chi connectivity index (χ3n) is 5.85. The number of hydrogen-bond donors (Lipinski definition) is 0. The number of carbonyl (C=O) groups excluding carboxylic acids is 2. The van der Waals surface area contributed by atoms with E-state index < -0.39 is 11.1 Å². The number of piperazine rings is 1. The van der Waals surface area contributed by atoms with Crippen molar-refractivity contribution in [1.82, 2.24) is 9.80 Å². The zero-order chi connectivity index (χ0) is 20.7. The van der Waals surface area contributed by atoms with E-state index in [4.69, 9.17) is 4.74 Å². The second-order valence-electron chi connectivity index (χ2n) is 9.01. The van der Waals surface area contributed by atoms with E-state index in [0.717, 1.165) is 23.1 Å². The Morgan fingerprint density at radius 3 is 2.68 bits per heavy atom. The van der Waals surface area contributed by atoms with Gasteiger partial charge in [-0.2, -0.15) is 0 Å². The van der Waals surface area contributed by atoms with Crippen molar-refractivity contribution in [3.8, 4) is 0 Å². The number of rotatable bonds is 3.